The van der Waals surface area contributed by atoms with Crippen molar-refractivity contribution >= 4 is 11.9 Å². The lowest BCUT2D eigenvalue weighted by Crippen LogP contribution is -2.45. The van der Waals surface area contributed by atoms with Gasteiger partial charge in [-0.1, -0.05) is 296 Å². The number of hydrogen-bond acceptors (Lipinski definition) is 5. The van der Waals surface area contributed by atoms with Crippen LogP contribution in [0.15, 0.2) is 12.2 Å². The minimum Gasteiger partial charge on any atom is -0.466 e. The monoisotopic (exact) mass is 960 g/mol. The van der Waals surface area contributed by atoms with Crippen molar-refractivity contribution in [1.29, 1.82) is 0 Å². The molecule has 0 saturated carbocycles. The van der Waals surface area contributed by atoms with Gasteiger partial charge in [0, 0.05) is 12.8 Å². The number of aliphatic hydroxyl groups is 2. The van der Waals surface area contributed by atoms with E-state index in [-0.39, 0.29) is 18.5 Å². The summed E-state index contributed by atoms with van der Waals surface area (Å²) in [6.45, 7) is 4.96. The Bertz CT molecular complexity index is 1020. The summed E-state index contributed by atoms with van der Waals surface area (Å²) < 4.78 is 5.48. The SMILES string of the molecule is CCCCCCCC/C=C\CCCCCCCC(=O)OCCCCCCCCCCCCCCCCCCCCCCCC(=O)NC(CO)C(O)CCCCCCCCCCCCCCCCC. The quantitative estimate of drug-likeness (QED) is 0.0321. The smallest absolute Gasteiger partial charge is 0.305 e. The van der Waals surface area contributed by atoms with Crippen LogP contribution in [0.4, 0.5) is 0 Å². The summed E-state index contributed by atoms with van der Waals surface area (Å²) in [6.07, 6.45) is 69.3. The van der Waals surface area contributed by atoms with Crippen molar-refractivity contribution in [3.8, 4) is 0 Å². The summed E-state index contributed by atoms with van der Waals surface area (Å²) in [5.74, 6) is -0.0288. The van der Waals surface area contributed by atoms with Crippen LogP contribution in [-0.2, 0) is 14.3 Å². The summed E-state index contributed by atoms with van der Waals surface area (Å²) in [6, 6.07) is -0.541. The van der Waals surface area contributed by atoms with Gasteiger partial charge in [-0.15, -0.1) is 0 Å². The molecule has 0 aromatic carbocycles. The molecule has 0 aliphatic carbocycles. The number of unbranched alkanes of at least 4 members (excludes halogenated alkanes) is 45. The van der Waals surface area contributed by atoms with Crippen molar-refractivity contribution in [2.24, 2.45) is 0 Å². The fourth-order valence-corrected chi connectivity index (χ4v) is 9.81. The zero-order valence-corrected chi connectivity index (χ0v) is 46.1. The predicted molar refractivity (Wildman–Crippen MR) is 297 cm³/mol. The van der Waals surface area contributed by atoms with Crippen LogP contribution < -0.4 is 5.32 Å². The molecule has 0 aromatic rings. The van der Waals surface area contributed by atoms with Gasteiger partial charge < -0.3 is 20.3 Å². The number of allylic oxidation sites excluding steroid dienone is 2. The van der Waals surface area contributed by atoms with Gasteiger partial charge in [-0.3, -0.25) is 9.59 Å². The van der Waals surface area contributed by atoms with Gasteiger partial charge in [-0.2, -0.15) is 0 Å². The molecular formula is C62H121NO5. The predicted octanol–water partition coefficient (Wildman–Crippen LogP) is 19.2. The van der Waals surface area contributed by atoms with E-state index in [0.29, 0.717) is 25.9 Å². The average Bonchev–Trinajstić information content (AvgIpc) is 3.34. The first-order valence-electron chi connectivity index (χ1n) is 30.9. The molecule has 68 heavy (non-hydrogen) atoms. The molecule has 0 aliphatic heterocycles. The molecule has 0 bridgehead atoms. The van der Waals surface area contributed by atoms with E-state index in [9.17, 15) is 19.8 Å². The van der Waals surface area contributed by atoms with Gasteiger partial charge in [0.05, 0.1) is 25.4 Å². The molecule has 0 aromatic heterocycles. The van der Waals surface area contributed by atoms with Crippen LogP contribution in [0.1, 0.15) is 348 Å². The van der Waals surface area contributed by atoms with Crippen molar-refractivity contribution in [3.63, 3.8) is 0 Å². The van der Waals surface area contributed by atoms with Crippen LogP contribution in [0.5, 0.6) is 0 Å². The van der Waals surface area contributed by atoms with Crippen molar-refractivity contribution in [3.05, 3.63) is 12.2 Å². The molecule has 2 atom stereocenters. The van der Waals surface area contributed by atoms with Gasteiger partial charge in [0.2, 0.25) is 5.91 Å². The topological polar surface area (TPSA) is 95.9 Å². The molecule has 3 N–H and O–H groups in total. The van der Waals surface area contributed by atoms with Gasteiger partial charge in [-0.05, 0) is 51.4 Å². The number of esters is 1. The Morgan fingerprint density at radius 1 is 0.397 bits per heavy atom. The number of nitrogens with one attached hydrogen (secondary N) is 1. The number of carbonyl (C=O) groups excluding carboxylic acids is 2. The Hall–Kier alpha value is -1.40. The van der Waals surface area contributed by atoms with Crippen LogP contribution in [0.2, 0.25) is 0 Å². The van der Waals surface area contributed by atoms with Gasteiger partial charge >= 0.3 is 5.97 Å². The highest BCUT2D eigenvalue weighted by Gasteiger charge is 2.20. The lowest BCUT2D eigenvalue weighted by Gasteiger charge is -2.22. The van der Waals surface area contributed by atoms with E-state index in [2.05, 4.69) is 31.3 Å². The Morgan fingerprint density at radius 3 is 1.04 bits per heavy atom. The van der Waals surface area contributed by atoms with Crippen molar-refractivity contribution in [2.45, 2.75) is 360 Å². The van der Waals surface area contributed by atoms with E-state index in [1.165, 1.54) is 270 Å². The number of aliphatic hydroxyl groups excluding tert-OH is 2. The Labute approximate surface area is 425 Å². The highest BCUT2D eigenvalue weighted by molar-refractivity contribution is 5.76. The van der Waals surface area contributed by atoms with Crippen molar-refractivity contribution in [2.75, 3.05) is 13.2 Å². The van der Waals surface area contributed by atoms with E-state index in [0.717, 1.165) is 44.9 Å². The van der Waals surface area contributed by atoms with Crippen LogP contribution in [0, 0.1) is 0 Å². The minimum atomic E-state index is -0.664. The highest BCUT2D eigenvalue weighted by Crippen LogP contribution is 2.18. The van der Waals surface area contributed by atoms with E-state index < -0.39 is 12.1 Å². The van der Waals surface area contributed by atoms with E-state index in [1.807, 2.05) is 0 Å². The molecule has 6 heteroatoms. The standard InChI is InChI=1S/C62H121NO5/c1-3-5-7-9-11-13-15-17-26-30-34-38-42-46-50-54-60(65)59(58-64)63-61(66)55-51-47-43-39-35-31-28-24-22-20-19-21-23-25-29-33-37-41-45-49-53-57-68-62(67)56-52-48-44-40-36-32-27-18-16-14-12-10-8-6-4-2/h18,27,59-60,64-65H,3-17,19-26,28-58H2,1-2H3,(H,63,66)/b27-18-. The average molecular weight is 961 g/mol. The maximum Gasteiger partial charge on any atom is 0.305 e. The molecule has 0 radical (unpaired) electrons. The van der Waals surface area contributed by atoms with E-state index in [1.54, 1.807) is 0 Å². The first-order valence-corrected chi connectivity index (χ1v) is 30.9. The summed E-state index contributed by atoms with van der Waals surface area (Å²) in [5, 5.41) is 23.3. The normalized spacial score (nSPS) is 12.6. The van der Waals surface area contributed by atoms with Gasteiger partial charge in [-0.25, -0.2) is 0 Å². The number of rotatable bonds is 58. The third-order valence-electron chi connectivity index (χ3n) is 14.6. The first kappa shape index (κ1) is 66.6. The summed E-state index contributed by atoms with van der Waals surface area (Å²) >= 11 is 0. The van der Waals surface area contributed by atoms with Crippen molar-refractivity contribution < 1.29 is 24.5 Å². The third kappa shape index (κ3) is 53.9. The van der Waals surface area contributed by atoms with Gasteiger partial charge in [0.1, 0.15) is 0 Å². The fraction of sp³-hybridized carbons (Fsp3) is 0.935. The van der Waals surface area contributed by atoms with E-state index in [4.69, 9.17) is 4.74 Å². The summed E-state index contributed by atoms with van der Waals surface area (Å²) in [7, 11) is 0. The molecular weight excluding hydrogens is 839 g/mol. The lowest BCUT2D eigenvalue weighted by atomic mass is 10.0. The zero-order chi connectivity index (χ0) is 49.3. The second-order valence-electron chi connectivity index (χ2n) is 21.4. The van der Waals surface area contributed by atoms with Crippen LogP contribution in [-0.4, -0.2) is 47.4 Å². The zero-order valence-electron chi connectivity index (χ0n) is 46.1. The van der Waals surface area contributed by atoms with Crippen LogP contribution in [0.3, 0.4) is 0 Å². The Balaban J connectivity index is 3.37. The Morgan fingerprint density at radius 2 is 0.691 bits per heavy atom. The molecule has 2 unspecified atom stereocenters. The molecule has 0 heterocycles. The molecule has 6 nitrogen and oxygen atoms in total. The molecule has 0 spiro atoms. The maximum absolute atomic E-state index is 12.5. The fourth-order valence-electron chi connectivity index (χ4n) is 9.81. The molecule has 0 saturated heterocycles. The largest absolute Gasteiger partial charge is 0.466 e. The van der Waals surface area contributed by atoms with E-state index >= 15 is 0 Å². The molecule has 0 fully saturated rings. The highest BCUT2D eigenvalue weighted by atomic mass is 16.5. The molecule has 0 aliphatic rings. The number of hydrogen-bond donors (Lipinski definition) is 3. The number of ether oxygens (including phenoxy) is 1. The summed E-state index contributed by atoms with van der Waals surface area (Å²) in [4.78, 5) is 24.5. The third-order valence-corrected chi connectivity index (χ3v) is 14.6. The molecule has 1 amide bonds. The second kappa shape index (κ2) is 58.2. The van der Waals surface area contributed by atoms with Gasteiger partial charge in [0.25, 0.3) is 0 Å². The minimum absolute atomic E-state index is 0.00481. The lowest BCUT2D eigenvalue weighted by molar-refractivity contribution is -0.143. The van der Waals surface area contributed by atoms with Crippen LogP contribution >= 0.6 is 0 Å². The number of amides is 1. The second-order valence-corrected chi connectivity index (χ2v) is 21.4. The van der Waals surface area contributed by atoms with Crippen LogP contribution in [0.25, 0.3) is 0 Å². The molecule has 404 valence electrons. The first-order chi connectivity index (χ1) is 33.5. The summed E-state index contributed by atoms with van der Waals surface area (Å²) in [5.41, 5.74) is 0. The van der Waals surface area contributed by atoms with Crippen molar-refractivity contribution in [1.82, 2.24) is 5.32 Å². The maximum atomic E-state index is 12.5. The Kier molecular flexibility index (Phi) is 57.0. The molecule has 0 rings (SSSR count). The van der Waals surface area contributed by atoms with Gasteiger partial charge in [0.15, 0.2) is 0 Å². The number of carbonyl (C=O) groups is 2.